The molecule has 0 aliphatic heterocycles. The van der Waals surface area contributed by atoms with Gasteiger partial charge in [-0.3, -0.25) is 0 Å². The minimum atomic E-state index is 0.729. The molecule has 74 valence electrons. The maximum atomic E-state index is 5.46. The fraction of sp³-hybridized carbons (Fsp3) is 0.364. The smallest absolute Gasteiger partial charge is 0.137 e. The van der Waals surface area contributed by atoms with Crippen molar-refractivity contribution in [1.82, 2.24) is 9.38 Å². The van der Waals surface area contributed by atoms with Gasteiger partial charge in [0.05, 0.1) is 5.69 Å². The van der Waals surface area contributed by atoms with E-state index < -0.39 is 0 Å². The Kier molecular flexibility index (Phi) is 2.50. The second-order valence-corrected chi connectivity index (χ2v) is 3.59. The molecule has 0 amide bonds. The molecule has 0 fully saturated rings. The molecule has 2 aromatic heterocycles. The molecule has 0 saturated carbocycles. The standard InChI is InChI=1S/C11H15N3/c1-9-4-6-14-8-10(3-2-5-12)13-11(14)7-9/h4,6-8H,2-3,5,12H2,1H3. The van der Waals surface area contributed by atoms with Gasteiger partial charge in [0, 0.05) is 12.4 Å². The molecule has 0 saturated heterocycles. The first-order valence-corrected chi connectivity index (χ1v) is 4.94. The summed E-state index contributed by atoms with van der Waals surface area (Å²) in [5.41, 5.74) is 8.86. The van der Waals surface area contributed by atoms with Crippen molar-refractivity contribution in [3.05, 3.63) is 35.8 Å². The summed E-state index contributed by atoms with van der Waals surface area (Å²) in [4.78, 5) is 4.52. The Morgan fingerprint density at radius 2 is 2.36 bits per heavy atom. The predicted molar refractivity (Wildman–Crippen MR) is 57.3 cm³/mol. The largest absolute Gasteiger partial charge is 0.330 e. The second-order valence-electron chi connectivity index (χ2n) is 3.59. The third-order valence-electron chi connectivity index (χ3n) is 2.30. The van der Waals surface area contributed by atoms with Crippen LogP contribution in [0.5, 0.6) is 0 Å². The molecule has 0 aliphatic rings. The highest BCUT2D eigenvalue weighted by molar-refractivity contribution is 5.42. The van der Waals surface area contributed by atoms with Gasteiger partial charge in [0.25, 0.3) is 0 Å². The van der Waals surface area contributed by atoms with Gasteiger partial charge < -0.3 is 10.1 Å². The number of fused-ring (bicyclic) bond motifs is 1. The summed E-state index contributed by atoms with van der Waals surface area (Å²) < 4.78 is 2.05. The van der Waals surface area contributed by atoms with Crippen molar-refractivity contribution in [2.24, 2.45) is 5.73 Å². The van der Waals surface area contributed by atoms with Crippen molar-refractivity contribution in [3.63, 3.8) is 0 Å². The maximum absolute atomic E-state index is 5.46. The topological polar surface area (TPSA) is 43.3 Å². The van der Waals surface area contributed by atoms with E-state index in [1.807, 2.05) is 6.20 Å². The van der Waals surface area contributed by atoms with E-state index in [1.54, 1.807) is 0 Å². The molecule has 0 aliphatic carbocycles. The summed E-state index contributed by atoms with van der Waals surface area (Å²) in [5.74, 6) is 0. The Balaban J connectivity index is 2.32. The van der Waals surface area contributed by atoms with Crippen LogP contribution < -0.4 is 5.73 Å². The van der Waals surface area contributed by atoms with Crippen molar-refractivity contribution in [2.75, 3.05) is 6.54 Å². The highest BCUT2D eigenvalue weighted by Crippen LogP contribution is 2.08. The number of nitrogens with two attached hydrogens (primary N) is 1. The van der Waals surface area contributed by atoms with Crippen molar-refractivity contribution in [3.8, 4) is 0 Å². The van der Waals surface area contributed by atoms with Gasteiger partial charge >= 0.3 is 0 Å². The normalized spacial score (nSPS) is 11.0. The first-order chi connectivity index (χ1) is 6.79. The SMILES string of the molecule is Cc1ccn2cc(CCCN)nc2c1. The van der Waals surface area contributed by atoms with Crippen molar-refractivity contribution in [2.45, 2.75) is 19.8 Å². The predicted octanol–water partition coefficient (Wildman–Crippen LogP) is 1.53. The fourth-order valence-corrected chi connectivity index (χ4v) is 1.54. The molecule has 14 heavy (non-hydrogen) atoms. The van der Waals surface area contributed by atoms with Gasteiger partial charge in [0.1, 0.15) is 5.65 Å². The van der Waals surface area contributed by atoms with Gasteiger partial charge in [0.2, 0.25) is 0 Å². The van der Waals surface area contributed by atoms with Crippen molar-refractivity contribution < 1.29 is 0 Å². The molecule has 0 bridgehead atoms. The average Bonchev–Trinajstić information content (AvgIpc) is 2.56. The number of imidazole rings is 1. The third kappa shape index (κ3) is 1.77. The van der Waals surface area contributed by atoms with Gasteiger partial charge in [-0.05, 0) is 44.0 Å². The van der Waals surface area contributed by atoms with E-state index in [9.17, 15) is 0 Å². The lowest BCUT2D eigenvalue weighted by Crippen LogP contribution is -2.00. The number of nitrogens with zero attached hydrogens (tertiary/aromatic N) is 2. The van der Waals surface area contributed by atoms with E-state index in [2.05, 4.69) is 34.6 Å². The van der Waals surface area contributed by atoms with Crippen LogP contribution in [0.3, 0.4) is 0 Å². The Hall–Kier alpha value is -1.35. The van der Waals surface area contributed by atoms with Gasteiger partial charge in [-0.15, -0.1) is 0 Å². The zero-order valence-electron chi connectivity index (χ0n) is 8.40. The number of aryl methyl sites for hydroxylation is 2. The van der Waals surface area contributed by atoms with Crippen LogP contribution in [0.4, 0.5) is 0 Å². The van der Waals surface area contributed by atoms with E-state index in [1.165, 1.54) is 5.56 Å². The molecule has 0 unspecified atom stereocenters. The van der Waals surface area contributed by atoms with Gasteiger partial charge in [-0.25, -0.2) is 4.98 Å². The molecular formula is C11H15N3. The summed E-state index contributed by atoms with van der Waals surface area (Å²) in [5, 5.41) is 0. The third-order valence-corrected chi connectivity index (χ3v) is 2.30. The van der Waals surface area contributed by atoms with Gasteiger partial charge in [-0.2, -0.15) is 0 Å². The van der Waals surface area contributed by atoms with Crippen molar-refractivity contribution >= 4 is 5.65 Å². The maximum Gasteiger partial charge on any atom is 0.137 e. The first kappa shape index (κ1) is 9.21. The average molecular weight is 189 g/mol. The number of hydrogen-bond donors (Lipinski definition) is 1. The monoisotopic (exact) mass is 189 g/mol. The highest BCUT2D eigenvalue weighted by Gasteiger charge is 2.00. The summed E-state index contributed by atoms with van der Waals surface area (Å²) in [6.07, 6.45) is 6.09. The van der Waals surface area contributed by atoms with Crippen LogP contribution in [0.2, 0.25) is 0 Å². The Bertz CT molecular complexity index is 431. The number of pyridine rings is 1. The second kappa shape index (κ2) is 3.80. The molecule has 3 nitrogen and oxygen atoms in total. The van der Waals surface area contributed by atoms with Crippen LogP contribution in [-0.4, -0.2) is 15.9 Å². The lowest BCUT2D eigenvalue weighted by atomic mass is 10.2. The first-order valence-electron chi connectivity index (χ1n) is 4.94. The van der Waals surface area contributed by atoms with E-state index in [-0.39, 0.29) is 0 Å². The van der Waals surface area contributed by atoms with Crippen LogP contribution in [0, 0.1) is 6.92 Å². The molecule has 0 radical (unpaired) electrons. The molecule has 0 atom stereocenters. The molecule has 3 heteroatoms. The molecule has 0 spiro atoms. The fourth-order valence-electron chi connectivity index (χ4n) is 1.54. The molecule has 2 aromatic rings. The number of hydrogen-bond acceptors (Lipinski definition) is 2. The van der Waals surface area contributed by atoms with E-state index in [4.69, 9.17) is 5.73 Å². The Morgan fingerprint density at radius 1 is 1.50 bits per heavy atom. The van der Waals surface area contributed by atoms with Crippen LogP contribution >= 0.6 is 0 Å². The zero-order chi connectivity index (χ0) is 9.97. The van der Waals surface area contributed by atoms with Gasteiger partial charge in [-0.1, -0.05) is 0 Å². The molecule has 0 aromatic carbocycles. The van der Waals surface area contributed by atoms with Gasteiger partial charge in [0.15, 0.2) is 0 Å². The van der Waals surface area contributed by atoms with Crippen LogP contribution in [0.15, 0.2) is 24.5 Å². The van der Waals surface area contributed by atoms with Crippen LogP contribution in [-0.2, 0) is 6.42 Å². The van der Waals surface area contributed by atoms with Crippen molar-refractivity contribution in [1.29, 1.82) is 0 Å². The van der Waals surface area contributed by atoms with E-state index in [0.29, 0.717) is 0 Å². The summed E-state index contributed by atoms with van der Waals surface area (Å²) in [6, 6.07) is 4.17. The van der Waals surface area contributed by atoms with E-state index >= 15 is 0 Å². The minimum absolute atomic E-state index is 0.729. The Morgan fingerprint density at radius 3 is 3.14 bits per heavy atom. The van der Waals surface area contributed by atoms with E-state index in [0.717, 1.165) is 30.7 Å². The lowest BCUT2D eigenvalue weighted by molar-refractivity contribution is 0.816. The quantitative estimate of drug-likeness (QED) is 0.795. The molecular weight excluding hydrogens is 174 g/mol. The minimum Gasteiger partial charge on any atom is -0.330 e. The number of aromatic nitrogens is 2. The molecule has 2 N–H and O–H groups in total. The molecule has 2 heterocycles. The zero-order valence-corrected chi connectivity index (χ0v) is 8.40. The summed E-state index contributed by atoms with van der Waals surface area (Å²) in [7, 11) is 0. The summed E-state index contributed by atoms with van der Waals surface area (Å²) >= 11 is 0. The van der Waals surface area contributed by atoms with Crippen LogP contribution in [0.25, 0.3) is 5.65 Å². The highest BCUT2D eigenvalue weighted by atomic mass is 15.0. The molecule has 2 rings (SSSR count). The summed E-state index contributed by atoms with van der Waals surface area (Å²) in [6.45, 7) is 2.81. The number of rotatable bonds is 3. The Labute approximate surface area is 83.6 Å². The van der Waals surface area contributed by atoms with Crippen LogP contribution in [0.1, 0.15) is 17.7 Å². The lowest BCUT2D eigenvalue weighted by Gasteiger charge is -1.92.